The van der Waals surface area contributed by atoms with Crippen molar-refractivity contribution < 1.29 is 22.7 Å². The van der Waals surface area contributed by atoms with Gasteiger partial charge >= 0.3 is 5.97 Å². The SMILES string of the molecule is CN(C)S(=O)(=O)c1ccc(NC(=O)COC(=O)c2cc(Cl)ccc2Cl)cc1. The molecule has 2 rings (SSSR count). The van der Waals surface area contributed by atoms with Crippen LogP contribution in [0.1, 0.15) is 10.4 Å². The molecule has 0 aromatic heterocycles. The molecule has 0 radical (unpaired) electrons. The van der Waals surface area contributed by atoms with Gasteiger partial charge in [-0.25, -0.2) is 17.5 Å². The molecule has 0 aliphatic heterocycles. The van der Waals surface area contributed by atoms with Crippen molar-refractivity contribution in [3.63, 3.8) is 0 Å². The average Bonchev–Trinajstić information content (AvgIpc) is 2.62. The highest BCUT2D eigenvalue weighted by atomic mass is 35.5. The molecular formula is C17H16Cl2N2O5S. The lowest BCUT2D eigenvalue weighted by Crippen LogP contribution is -2.22. The van der Waals surface area contributed by atoms with Crippen LogP contribution in [0.15, 0.2) is 47.4 Å². The zero-order chi connectivity index (χ0) is 20.2. The summed E-state index contributed by atoms with van der Waals surface area (Å²) < 4.78 is 30.0. The third-order valence-electron chi connectivity index (χ3n) is 3.40. The molecule has 27 heavy (non-hydrogen) atoms. The van der Waals surface area contributed by atoms with E-state index < -0.39 is 28.5 Å². The summed E-state index contributed by atoms with van der Waals surface area (Å²) in [5.41, 5.74) is 0.407. The van der Waals surface area contributed by atoms with Crippen molar-refractivity contribution in [1.29, 1.82) is 0 Å². The van der Waals surface area contributed by atoms with Gasteiger partial charge in [0.1, 0.15) is 0 Å². The van der Waals surface area contributed by atoms with E-state index in [1.54, 1.807) is 0 Å². The Hall–Kier alpha value is -2.13. The molecule has 0 aliphatic rings. The van der Waals surface area contributed by atoms with Gasteiger partial charge < -0.3 is 10.1 Å². The molecule has 0 saturated heterocycles. The fraction of sp³-hybridized carbons (Fsp3) is 0.176. The minimum Gasteiger partial charge on any atom is -0.452 e. The standard InChI is InChI=1S/C17H16Cl2N2O5S/c1-21(2)27(24,25)13-6-4-12(5-7-13)20-16(22)10-26-17(23)14-9-11(18)3-8-15(14)19/h3-9H,10H2,1-2H3,(H,20,22). The predicted molar refractivity (Wildman–Crippen MR) is 103 cm³/mol. The second-order valence-electron chi connectivity index (χ2n) is 5.56. The number of halogens is 2. The first-order chi connectivity index (χ1) is 12.6. The summed E-state index contributed by atoms with van der Waals surface area (Å²) in [6, 6.07) is 9.91. The summed E-state index contributed by atoms with van der Waals surface area (Å²) in [4.78, 5) is 24.0. The first-order valence-corrected chi connectivity index (χ1v) is 9.75. The second kappa shape index (κ2) is 8.71. The molecule has 0 unspecified atom stereocenters. The number of hydrogen-bond acceptors (Lipinski definition) is 5. The highest BCUT2D eigenvalue weighted by Gasteiger charge is 2.17. The fourth-order valence-electron chi connectivity index (χ4n) is 1.98. The largest absolute Gasteiger partial charge is 0.452 e. The number of benzene rings is 2. The van der Waals surface area contributed by atoms with Crippen LogP contribution >= 0.6 is 23.2 Å². The molecule has 10 heteroatoms. The van der Waals surface area contributed by atoms with Crippen molar-refractivity contribution in [3.05, 3.63) is 58.1 Å². The maximum atomic E-state index is 12.0. The zero-order valence-corrected chi connectivity index (χ0v) is 16.7. The fourth-order valence-corrected chi connectivity index (χ4v) is 3.25. The number of nitrogens with zero attached hydrogens (tertiary/aromatic N) is 1. The van der Waals surface area contributed by atoms with E-state index in [9.17, 15) is 18.0 Å². The molecule has 0 fully saturated rings. The summed E-state index contributed by atoms with van der Waals surface area (Å²) in [5.74, 6) is -1.38. The third-order valence-corrected chi connectivity index (χ3v) is 5.79. The van der Waals surface area contributed by atoms with Crippen LogP contribution in [-0.4, -0.2) is 45.3 Å². The molecule has 144 valence electrons. The van der Waals surface area contributed by atoms with Crippen LogP contribution in [0.5, 0.6) is 0 Å². The van der Waals surface area contributed by atoms with E-state index in [1.807, 2.05) is 0 Å². The highest BCUT2D eigenvalue weighted by Crippen LogP contribution is 2.21. The lowest BCUT2D eigenvalue weighted by Gasteiger charge is -2.12. The summed E-state index contributed by atoms with van der Waals surface area (Å²) >= 11 is 11.7. The lowest BCUT2D eigenvalue weighted by atomic mass is 10.2. The number of anilines is 1. The number of carbonyl (C=O) groups is 2. The number of amides is 1. The highest BCUT2D eigenvalue weighted by molar-refractivity contribution is 7.89. The van der Waals surface area contributed by atoms with Gasteiger partial charge in [-0.3, -0.25) is 4.79 Å². The molecule has 0 bridgehead atoms. The van der Waals surface area contributed by atoms with Gasteiger partial charge in [-0.15, -0.1) is 0 Å². The Labute approximate surface area is 166 Å². The quantitative estimate of drug-likeness (QED) is 0.710. The minimum atomic E-state index is -3.55. The van der Waals surface area contributed by atoms with Crippen LogP contribution in [0.2, 0.25) is 10.0 Å². The Bertz CT molecular complexity index is 960. The van der Waals surface area contributed by atoms with Crippen molar-refractivity contribution in [2.24, 2.45) is 0 Å². The van der Waals surface area contributed by atoms with Crippen molar-refractivity contribution >= 4 is 50.8 Å². The molecule has 0 saturated carbocycles. The Morgan fingerprint density at radius 3 is 2.30 bits per heavy atom. The third kappa shape index (κ3) is 5.43. The van der Waals surface area contributed by atoms with Crippen LogP contribution < -0.4 is 5.32 Å². The minimum absolute atomic E-state index is 0.0511. The topological polar surface area (TPSA) is 92.8 Å². The van der Waals surface area contributed by atoms with Gasteiger partial charge in [0.15, 0.2) is 6.61 Å². The Morgan fingerprint density at radius 1 is 1.07 bits per heavy atom. The molecule has 2 aromatic carbocycles. The molecule has 2 aromatic rings. The Morgan fingerprint density at radius 2 is 1.70 bits per heavy atom. The molecule has 0 atom stereocenters. The van der Waals surface area contributed by atoms with E-state index in [4.69, 9.17) is 27.9 Å². The molecule has 7 nitrogen and oxygen atoms in total. The predicted octanol–water partition coefficient (Wildman–Crippen LogP) is 3.04. The number of esters is 1. The summed E-state index contributed by atoms with van der Waals surface area (Å²) in [7, 11) is -0.710. The molecule has 0 aliphatic carbocycles. The molecular weight excluding hydrogens is 415 g/mol. The summed E-state index contributed by atoms with van der Waals surface area (Å²) in [6.45, 7) is -0.542. The van der Waals surface area contributed by atoms with Gasteiger partial charge in [-0.2, -0.15) is 0 Å². The van der Waals surface area contributed by atoms with Crippen molar-refractivity contribution in [2.75, 3.05) is 26.0 Å². The van der Waals surface area contributed by atoms with Crippen LogP contribution in [0.4, 0.5) is 5.69 Å². The van der Waals surface area contributed by atoms with Crippen molar-refractivity contribution in [2.45, 2.75) is 4.90 Å². The van der Waals surface area contributed by atoms with E-state index in [1.165, 1.54) is 56.6 Å². The van der Waals surface area contributed by atoms with Gasteiger partial charge in [0.25, 0.3) is 5.91 Å². The number of hydrogen-bond donors (Lipinski definition) is 1. The van der Waals surface area contributed by atoms with E-state index in [0.29, 0.717) is 10.7 Å². The van der Waals surface area contributed by atoms with E-state index in [2.05, 4.69) is 5.32 Å². The maximum Gasteiger partial charge on any atom is 0.340 e. The van der Waals surface area contributed by atoms with Crippen LogP contribution in [-0.2, 0) is 19.6 Å². The van der Waals surface area contributed by atoms with Gasteiger partial charge in [0.05, 0.1) is 15.5 Å². The van der Waals surface area contributed by atoms with E-state index in [0.717, 1.165) is 4.31 Å². The Kier molecular flexibility index (Phi) is 6.83. The van der Waals surface area contributed by atoms with Gasteiger partial charge in [0, 0.05) is 24.8 Å². The summed E-state index contributed by atoms with van der Waals surface area (Å²) in [6.07, 6.45) is 0. The van der Waals surface area contributed by atoms with Crippen LogP contribution in [0, 0.1) is 0 Å². The van der Waals surface area contributed by atoms with E-state index in [-0.39, 0.29) is 15.5 Å². The number of nitrogens with one attached hydrogen (secondary N) is 1. The van der Waals surface area contributed by atoms with Gasteiger partial charge in [-0.1, -0.05) is 23.2 Å². The van der Waals surface area contributed by atoms with Crippen molar-refractivity contribution in [3.8, 4) is 0 Å². The molecule has 0 heterocycles. The first kappa shape index (κ1) is 21.2. The Balaban J connectivity index is 1.96. The normalized spacial score (nSPS) is 11.3. The summed E-state index contributed by atoms with van der Waals surface area (Å²) in [5, 5.41) is 2.96. The maximum absolute atomic E-state index is 12.0. The molecule has 1 N–H and O–H groups in total. The number of rotatable bonds is 6. The van der Waals surface area contributed by atoms with E-state index >= 15 is 0 Å². The van der Waals surface area contributed by atoms with Crippen molar-refractivity contribution in [1.82, 2.24) is 4.31 Å². The molecule has 1 amide bonds. The average molecular weight is 431 g/mol. The second-order valence-corrected chi connectivity index (χ2v) is 8.56. The zero-order valence-electron chi connectivity index (χ0n) is 14.4. The number of sulfonamides is 1. The smallest absolute Gasteiger partial charge is 0.340 e. The van der Waals surface area contributed by atoms with Gasteiger partial charge in [-0.05, 0) is 42.5 Å². The lowest BCUT2D eigenvalue weighted by molar-refractivity contribution is -0.119. The van der Waals surface area contributed by atoms with Gasteiger partial charge in [0.2, 0.25) is 10.0 Å². The number of carbonyl (C=O) groups excluding carboxylic acids is 2. The molecule has 0 spiro atoms. The first-order valence-electron chi connectivity index (χ1n) is 7.56. The van der Waals surface area contributed by atoms with Crippen LogP contribution in [0.3, 0.4) is 0 Å². The monoisotopic (exact) mass is 430 g/mol. The number of ether oxygens (including phenoxy) is 1. The van der Waals surface area contributed by atoms with Crippen LogP contribution in [0.25, 0.3) is 0 Å².